The second-order valence-electron chi connectivity index (χ2n) is 4.14. The van der Waals surface area contributed by atoms with Crippen molar-refractivity contribution in [2.45, 2.75) is 50.7 Å². The van der Waals surface area contributed by atoms with Gasteiger partial charge in [-0.3, -0.25) is 4.79 Å². The number of ketones is 1. The van der Waals surface area contributed by atoms with E-state index in [0.717, 1.165) is 45.3 Å². The van der Waals surface area contributed by atoms with Crippen LogP contribution in [0.2, 0.25) is 0 Å². The van der Waals surface area contributed by atoms with Crippen LogP contribution in [-0.2, 0) is 14.3 Å². The van der Waals surface area contributed by atoms with Crippen LogP contribution < -0.4 is 0 Å². The van der Waals surface area contributed by atoms with Gasteiger partial charge in [-0.15, -0.1) is 0 Å². The first-order chi connectivity index (χ1) is 6.86. The molecule has 0 aromatic carbocycles. The van der Waals surface area contributed by atoms with Crippen molar-refractivity contribution in [1.82, 2.24) is 0 Å². The summed E-state index contributed by atoms with van der Waals surface area (Å²) in [5.41, 5.74) is 0. The Balaban J connectivity index is 1.66. The van der Waals surface area contributed by atoms with E-state index in [2.05, 4.69) is 0 Å². The van der Waals surface area contributed by atoms with Crippen LogP contribution in [0.15, 0.2) is 0 Å². The zero-order valence-electron chi connectivity index (χ0n) is 8.54. The van der Waals surface area contributed by atoms with Crippen LogP contribution in [0.25, 0.3) is 0 Å². The molecular weight excluding hydrogens is 180 g/mol. The van der Waals surface area contributed by atoms with Gasteiger partial charge < -0.3 is 9.47 Å². The van der Waals surface area contributed by atoms with Crippen molar-refractivity contribution in [1.29, 1.82) is 0 Å². The molecule has 2 aliphatic rings. The van der Waals surface area contributed by atoms with Gasteiger partial charge >= 0.3 is 0 Å². The van der Waals surface area contributed by atoms with E-state index in [1.807, 2.05) is 0 Å². The molecule has 3 nitrogen and oxygen atoms in total. The van der Waals surface area contributed by atoms with Crippen molar-refractivity contribution < 1.29 is 14.3 Å². The summed E-state index contributed by atoms with van der Waals surface area (Å²) >= 11 is 0. The van der Waals surface area contributed by atoms with E-state index < -0.39 is 0 Å². The Morgan fingerprint density at radius 2 is 1.93 bits per heavy atom. The largest absolute Gasteiger partial charge is 0.378 e. The molecule has 2 rings (SSSR count). The van der Waals surface area contributed by atoms with E-state index in [-0.39, 0.29) is 11.9 Å². The van der Waals surface area contributed by atoms with Crippen LogP contribution in [0.3, 0.4) is 0 Å². The Morgan fingerprint density at radius 3 is 2.57 bits per heavy atom. The Hall–Kier alpha value is -0.410. The summed E-state index contributed by atoms with van der Waals surface area (Å²) in [6.45, 7) is 1.63. The number of Topliss-reactive ketones (excluding diaryl/α,β-unsaturated/α-hetero) is 1. The second-order valence-corrected chi connectivity index (χ2v) is 4.14. The first-order valence-electron chi connectivity index (χ1n) is 5.62. The van der Waals surface area contributed by atoms with Gasteiger partial charge in [-0.05, 0) is 32.1 Å². The van der Waals surface area contributed by atoms with E-state index in [1.165, 1.54) is 0 Å². The molecule has 0 aromatic rings. The highest BCUT2D eigenvalue weighted by Gasteiger charge is 2.24. The zero-order chi connectivity index (χ0) is 9.80. The molecule has 2 fully saturated rings. The van der Waals surface area contributed by atoms with E-state index in [4.69, 9.17) is 9.47 Å². The Morgan fingerprint density at radius 1 is 1.14 bits per heavy atom. The molecule has 2 unspecified atom stereocenters. The Bertz CT molecular complexity index is 191. The molecule has 2 atom stereocenters. The molecule has 0 saturated carbocycles. The predicted molar refractivity (Wildman–Crippen MR) is 52.2 cm³/mol. The third kappa shape index (κ3) is 2.55. The van der Waals surface area contributed by atoms with Gasteiger partial charge in [0.1, 0.15) is 6.10 Å². The van der Waals surface area contributed by atoms with E-state index in [0.29, 0.717) is 12.5 Å². The van der Waals surface area contributed by atoms with Crippen LogP contribution in [0, 0.1) is 0 Å². The minimum absolute atomic E-state index is 0.101. The topological polar surface area (TPSA) is 35.5 Å². The van der Waals surface area contributed by atoms with Crippen molar-refractivity contribution in [2.24, 2.45) is 0 Å². The third-order valence-electron chi connectivity index (χ3n) is 3.03. The standard InChI is InChI=1S/C11H18O3/c12-10(11-4-2-8-14-11)6-5-9-3-1-7-13-9/h9,11H,1-8H2. The highest BCUT2D eigenvalue weighted by Crippen LogP contribution is 2.20. The van der Waals surface area contributed by atoms with Crippen molar-refractivity contribution in [3.8, 4) is 0 Å². The second kappa shape index (κ2) is 4.89. The minimum Gasteiger partial charge on any atom is -0.378 e. The fourth-order valence-corrected chi connectivity index (χ4v) is 2.17. The smallest absolute Gasteiger partial charge is 0.161 e. The van der Waals surface area contributed by atoms with Gasteiger partial charge in [-0.1, -0.05) is 0 Å². The fourth-order valence-electron chi connectivity index (χ4n) is 2.17. The zero-order valence-corrected chi connectivity index (χ0v) is 8.54. The summed E-state index contributed by atoms with van der Waals surface area (Å²) in [5.74, 6) is 0.276. The first kappa shape index (κ1) is 10.1. The highest BCUT2D eigenvalue weighted by atomic mass is 16.5. The molecule has 3 heteroatoms. The Kier molecular flexibility index (Phi) is 3.54. The van der Waals surface area contributed by atoms with Crippen LogP contribution >= 0.6 is 0 Å². The average Bonchev–Trinajstić information content (AvgIpc) is 2.87. The minimum atomic E-state index is -0.101. The third-order valence-corrected chi connectivity index (χ3v) is 3.03. The van der Waals surface area contributed by atoms with Gasteiger partial charge in [0.2, 0.25) is 0 Å². The predicted octanol–water partition coefficient (Wildman–Crippen LogP) is 1.69. The SMILES string of the molecule is O=C(CCC1CCCO1)C1CCCO1. The molecule has 0 amide bonds. The summed E-state index contributed by atoms with van der Waals surface area (Å²) in [6, 6.07) is 0. The number of ether oxygens (including phenoxy) is 2. The molecule has 0 radical (unpaired) electrons. The number of hydrogen-bond donors (Lipinski definition) is 0. The van der Waals surface area contributed by atoms with E-state index in [1.54, 1.807) is 0 Å². The molecule has 14 heavy (non-hydrogen) atoms. The lowest BCUT2D eigenvalue weighted by Crippen LogP contribution is -2.20. The summed E-state index contributed by atoms with van der Waals surface area (Å²) < 4.78 is 10.8. The van der Waals surface area contributed by atoms with Gasteiger partial charge in [0, 0.05) is 19.6 Å². The maximum absolute atomic E-state index is 11.6. The summed E-state index contributed by atoms with van der Waals surface area (Å²) in [7, 11) is 0. The van der Waals surface area contributed by atoms with Crippen LogP contribution in [0.1, 0.15) is 38.5 Å². The molecule has 0 aliphatic carbocycles. The van der Waals surface area contributed by atoms with Crippen molar-refractivity contribution >= 4 is 5.78 Å². The van der Waals surface area contributed by atoms with Gasteiger partial charge in [0.15, 0.2) is 5.78 Å². The quantitative estimate of drug-likeness (QED) is 0.689. The van der Waals surface area contributed by atoms with Crippen molar-refractivity contribution in [2.75, 3.05) is 13.2 Å². The number of hydrogen-bond acceptors (Lipinski definition) is 3. The maximum atomic E-state index is 11.6. The molecule has 2 aliphatic heterocycles. The van der Waals surface area contributed by atoms with Gasteiger partial charge in [0.25, 0.3) is 0 Å². The molecule has 0 bridgehead atoms. The summed E-state index contributed by atoms with van der Waals surface area (Å²) in [4.78, 5) is 11.6. The lowest BCUT2D eigenvalue weighted by atomic mass is 10.0. The first-order valence-corrected chi connectivity index (χ1v) is 5.62. The van der Waals surface area contributed by atoms with Crippen LogP contribution in [-0.4, -0.2) is 31.2 Å². The average molecular weight is 198 g/mol. The van der Waals surface area contributed by atoms with Gasteiger partial charge in [-0.25, -0.2) is 0 Å². The maximum Gasteiger partial charge on any atom is 0.161 e. The van der Waals surface area contributed by atoms with Crippen molar-refractivity contribution in [3.63, 3.8) is 0 Å². The van der Waals surface area contributed by atoms with Gasteiger partial charge in [-0.2, -0.15) is 0 Å². The van der Waals surface area contributed by atoms with E-state index in [9.17, 15) is 4.79 Å². The molecule has 2 heterocycles. The normalized spacial score (nSPS) is 32.3. The monoisotopic (exact) mass is 198 g/mol. The van der Waals surface area contributed by atoms with Crippen LogP contribution in [0.4, 0.5) is 0 Å². The number of rotatable bonds is 4. The highest BCUT2D eigenvalue weighted by molar-refractivity contribution is 5.83. The summed E-state index contributed by atoms with van der Waals surface area (Å²) in [5, 5.41) is 0. The molecular formula is C11H18O3. The molecule has 0 N–H and O–H groups in total. The summed E-state index contributed by atoms with van der Waals surface area (Å²) in [6.07, 6.45) is 5.99. The number of carbonyl (C=O) groups excluding carboxylic acids is 1. The van der Waals surface area contributed by atoms with Crippen molar-refractivity contribution in [3.05, 3.63) is 0 Å². The number of carbonyl (C=O) groups is 1. The molecule has 0 aromatic heterocycles. The lowest BCUT2D eigenvalue weighted by molar-refractivity contribution is -0.128. The molecule has 2 saturated heterocycles. The molecule has 80 valence electrons. The molecule has 0 spiro atoms. The van der Waals surface area contributed by atoms with Gasteiger partial charge in [0.05, 0.1) is 6.10 Å². The Labute approximate surface area is 84.8 Å². The van der Waals surface area contributed by atoms with Crippen LogP contribution in [0.5, 0.6) is 0 Å². The fraction of sp³-hybridized carbons (Fsp3) is 0.909. The van der Waals surface area contributed by atoms with E-state index >= 15 is 0 Å². The lowest BCUT2D eigenvalue weighted by Gasteiger charge is -2.11.